The molecule has 13 heavy (non-hydrogen) atoms. The standard InChI is InChI=1S/C8H14N2O3/c9-7(11)5-1-3-6(4-2-5)13-8(10)12/h5-6H,1-4H2,(H2,9,11)(H2,10,12)/t5-,6-. The summed E-state index contributed by atoms with van der Waals surface area (Å²) in [5, 5.41) is 0. The van der Waals surface area contributed by atoms with E-state index >= 15 is 0 Å². The predicted molar refractivity (Wildman–Crippen MR) is 45.6 cm³/mol. The first kappa shape index (κ1) is 9.83. The van der Waals surface area contributed by atoms with Crippen molar-refractivity contribution in [3.63, 3.8) is 0 Å². The van der Waals surface area contributed by atoms with Gasteiger partial charge in [-0.25, -0.2) is 4.79 Å². The van der Waals surface area contributed by atoms with Crippen LogP contribution in [0.1, 0.15) is 25.7 Å². The highest BCUT2D eigenvalue weighted by Crippen LogP contribution is 2.25. The van der Waals surface area contributed by atoms with E-state index in [0.29, 0.717) is 25.7 Å². The number of hydrogen-bond acceptors (Lipinski definition) is 3. The normalized spacial score (nSPS) is 28.0. The molecule has 0 atom stereocenters. The summed E-state index contributed by atoms with van der Waals surface area (Å²) in [6.07, 6.45) is 1.85. The zero-order valence-electron chi connectivity index (χ0n) is 7.36. The molecule has 0 spiro atoms. The highest BCUT2D eigenvalue weighted by Gasteiger charge is 2.26. The quantitative estimate of drug-likeness (QED) is 0.641. The molecule has 0 aromatic rings. The molecule has 4 N–H and O–H groups in total. The molecule has 0 aromatic heterocycles. The molecular weight excluding hydrogens is 172 g/mol. The topological polar surface area (TPSA) is 95.4 Å². The van der Waals surface area contributed by atoms with E-state index in [1.165, 1.54) is 0 Å². The Balaban J connectivity index is 2.30. The third kappa shape index (κ3) is 2.93. The van der Waals surface area contributed by atoms with Crippen molar-refractivity contribution in [1.82, 2.24) is 0 Å². The maximum atomic E-state index is 10.8. The number of carbonyl (C=O) groups is 2. The monoisotopic (exact) mass is 186 g/mol. The van der Waals surface area contributed by atoms with Gasteiger partial charge in [-0.15, -0.1) is 0 Å². The fourth-order valence-corrected chi connectivity index (χ4v) is 1.63. The van der Waals surface area contributed by atoms with Crippen LogP contribution in [0.25, 0.3) is 0 Å². The summed E-state index contributed by atoms with van der Waals surface area (Å²) in [7, 11) is 0. The number of primary amides is 2. The van der Waals surface area contributed by atoms with Gasteiger partial charge in [-0.3, -0.25) is 4.79 Å². The number of amides is 2. The van der Waals surface area contributed by atoms with E-state index < -0.39 is 6.09 Å². The van der Waals surface area contributed by atoms with Crippen LogP contribution in [0.5, 0.6) is 0 Å². The molecule has 1 aliphatic carbocycles. The van der Waals surface area contributed by atoms with Gasteiger partial charge in [0.1, 0.15) is 6.10 Å². The number of carbonyl (C=O) groups excluding carboxylic acids is 2. The van der Waals surface area contributed by atoms with E-state index in [-0.39, 0.29) is 17.9 Å². The Hall–Kier alpha value is -1.26. The molecule has 0 saturated heterocycles. The molecule has 1 saturated carbocycles. The first-order chi connectivity index (χ1) is 6.09. The van der Waals surface area contributed by atoms with Gasteiger partial charge in [0, 0.05) is 5.92 Å². The minimum absolute atomic E-state index is 0.0623. The van der Waals surface area contributed by atoms with Crippen LogP contribution in [0.4, 0.5) is 4.79 Å². The van der Waals surface area contributed by atoms with Crippen LogP contribution in [0.2, 0.25) is 0 Å². The molecule has 74 valence electrons. The van der Waals surface area contributed by atoms with Gasteiger partial charge in [-0.05, 0) is 25.7 Å². The van der Waals surface area contributed by atoms with Gasteiger partial charge in [0.05, 0.1) is 0 Å². The molecule has 5 heteroatoms. The Labute approximate surface area is 76.4 Å². The number of nitrogens with two attached hydrogens (primary N) is 2. The summed E-state index contributed by atoms with van der Waals surface area (Å²) in [5.74, 6) is -0.328. The van der Waals surface area contributed by atoms with E-state index in [1.807, 2.05) is 0 Å². The third-order valence-corrected chi connectivity index (χ3v) is 2.36. The van der Waals surface area contributed by atoms with Crippen LogP contribution < -0.4 is 11.5 Å². The van der Waals surface area contributed by atoms with Crippen molar-refractivity contribution < 1.29 is 14.3 Å². The lowest BCUT2D eigenvalue weighted by Crippen LogP contribution is -2.32. The maximum Gasteiger partial charge on any atom is 0.404 e. The molecule has 5 nitrogen and oxygen atoms in total. The van der Waals surface area contributed by atoms with Gasteiger partial charge in [-0.1, -0.05) is 0 Å². The third-order valence-electron chi connectivity index (χ3n) is 2.36. The number of ether oxygens (including phenoxy) is 1. The lowest BCUT2D eigenvalue weighted by atomic mass is 9.87. The van der Waals surface area contributed by atoms with Crippen molar-refractivity contribution in [2.24, 2.45) is 17.4 Å². The van der Waals surface area contributed by atoms with Crippen molar-refractivity contribution in [2.45, 2.75) is 31.8 Å². The second-order valence-corrected chi connectivity index (χ2v) is 3.31. The Morgan fingerprint density at radius 2 is 1.62 bits per heavy atom. The summed E-state index contributed by atoms with van der Waals surface area (Å²) in [6, 6.07) is 0. The molecule has 0 unspecified atom stereocenters. The number of rotatable bonds is 2. The van der Waals surface area contributed by atoms with E-state index in [9.17, 15) is 9.59 Å². The van der Waals surface area contributed by atoms with Gasteiger partial charge in [0.15, 0.2) is 0 Å². The Kier molecular flexibility index (Phi) is 3.11. The van der Waals surface area contributed by atoms with Gasteiger partial charge in [0.25, 0.3) is 0 Å². The fourth-order valence-electron chi connectivity index (χ4n) is 1.63. The molecule has 0 radical (unpaired) electrons. The molecule has 2 amide bonds. The van der Waals surface area contributed by atoms with Crippen molar-refractivity contribution >= 4 is 12.0 Å². The molecule has 1 aliphatic rings. The predicted octanol–water partition coefficient (Wildman–Crippen LogP) is 0.126. The first-order valence-corrected chi connectivity index (χ1v) is 4.35. The van der Waals surface area contributed by atoms with Gasteiger partial charge in [0.2, 0.25) is 5.91 Å². The SMILES string of the molecule is NC(=O)O[C@H]1CC[C@H](C(N)=O)CC1. The number of hydrogen-bond donors (Lipinski definition) is 2. The Bertz CT molecular complexity index is 209. The highest BCUT2D eigenvalue weighted by molar-refractivity contribution is 5.76. The van der Waals surface area contributed by atoms with Crippen LogP contribution in [0.15, 0.2) is 0 Å². The van der Waals surface area contributed by atoms with Crippen LogP contribution in [0.3, 0.4) is 0 Å². The summed E-state index contributed by atoms with van der Waals surface area (Å²) in [6.45, 7) is 0. The van der Waals surface area contributed by atoms with Crippen molar-refractivity contribution in [3.8, 4) is 0 Å². The average molecular weight is 186 g/mol. The second kappa shape index (κ2) is 4.11. The van der Waals surface area contributed by atoms with Crippen molar-refractivity contribution in [2.75, 3.05) is 0 Å². The lowest BCUT2D eigenvalue weighted by molar-refractivity contribution is -0.123. The summed E-state index contributed by atoms with van der Waals surface area (Å²) in [5.41, 5.74) is 10.0. The minimum Gasteiger partial charge on any atom is -0.446 e. The largest absolute Gasteiger partial charge is 0.446 e. The van der Waals surface area contributed by atoms with Crippen LogP contribution in [-0.4, -0.2) is 18.1 Å². The van der Waals surface area contributed by atoms with Crippen LogP contribution in [0, 0.1) is 5.92 Å². The van der Waals surface area contributed by atoms with E-state index in [4.69, 9.17) is 16.2 Å². The van der Waals surface area contributed by atoms with Gasteiger partial charge < -0.3 is 16.2 Å². The van der Waals surface area contributed by atoms with Crippen LogP contribution >= 0.6 is 0 Å². The summed E-state index contributed by atoms with van der Waals surface area (Å²) >= 11 is 0. The second-order valence-electron chi connectivity index (χ2n) is 3.31. The average Bonchev–Trinajstić information content (AvgIpc) is 2.04. The van der Waals surface area contributed by atoms with Gasteiger partial charge in [-0.2, -0.15) is 0 Å². The van der Waals surface area contributed by atoms with E-state index in [2.05, 4.69) is 0 Å². The molecular formula is C8H14N2O3. The smallest absolute Gasteiger partial charge is 0.404 e. The Morgan fingerprint density at radius 3 is 2.00 bits per heavy atom. The maximum absolute atomic E-state index is 10.8. The first-order valence-electron chi connectivity index (χ1n) is 4.35. The molecule has 0 bridgehead atoms. The highest BCUT2D eigenvalue weighted by atomic mass is 16.6. The van der Waals surface area contributed by atoms with Crippen LogP contribution in [-0.2, 0) is 9.53 Å². The molecule has 1 rings (SSSR count). The summed E-state index contributed by atoms with van der Waals surface area (Å²) < 4.78 is 4.81. The molecule has 1 fully saturated rings. The lowest BCUT2D eigenvalue weighted by Gasteiger charge is -2.25. The summed E-state index contributed by atoms with van der Waals surface area (Å²) in [4.78, 5) is 21.2. The van der Waals surface area contributed by atoms with Gasteiger partial charge >= 0.3 is 6.09 Å². The zero-order valence-corrected chi connectivity index (χ0v) is 7.36. The van der Waals surface area contributed by atoms with E-state index in [0.717, 1.165) is 0 Å². The Morgan fingerprint density at radius 1 is 1.08 bits per heavy atom. The van der Waals surface area contributed by atoms with Crippen molar-refractivity contribution in [1.29, 1.82) is 0 Å². The molecule has 0 heterocycles. The minimum atomic E-state index is -0.748. The zero-order chi connectivity index (χ0) is 9.84. The van der Waals surface area contributed by atoms with E-state index in [1.54, 1.807) is 0 Å². The molecule has 0 aromatic carbocycles. The van der Waals surface area contributed by atoms with Crippen molar-refractivity contribution in [3.05, 3.63) is 0 Å². The molecule has 0 aliphatic heterocycles. The fraction of sp³-hybridized carbons (Fsp3) is 0.750.